The second kappa shape index (κ2) is 4.91. The summed E-state index contributed by atoms with van der Waals surface area (Å²) < 4.78 is 1.13. The predicted octanol–water partition coefficient (Wildman–Crippen LogP) is 0.326. The van der Waals surface area contributed by atoms with E-state index in [-0.39, 0.29) is 23.6 Å². The Morgan fingerprint density at radius 1 is 1.50 bits per heavy atom. The topological polar surface area (TPSA) is 119 Å². The molecule has 0 aliphatic carbocycles. The molecule has 108 valence electrons. The van der Waals surface area contributed by atoms with Crippen LogP contribution < -0.4 is 0 Å². The molecule has 0 bridgehead atoms. The van der Waals surface area contributed by atoms with Crippen molar-refractivity contribution in [2.75, 3.05) is 6.54 Å². The largest absolute Gasteiger partial charge is 0.480 e. The van der Waals surface area contributed by atoms with Crippen LogP contribution >= 0.6 is 0 Å². The smallest absolute Gasteiger partial charge is 0.326 e. The first-order valence-electron chi connectivity index (χ1n) is 6.06. The molecule has 0 radical (unpaired) electrons. The molecule has 2 rings (SSSR count). The Morgan fingerprint density at radius 2 is 2.15 bits per heavy atom. The van der Waals surface area contributed by atoms with E-state index >= 15 is 0 Å². The summed E-state index contributed by atoms with van der Waals surface area (Å²) in [5.41, 5.74) is -0.416. The Balaban J connectivity index is 2.44. The van der Waals surface area contributed by atoms with Gasteiger partial charge in [0.1, 0.15) is 11.7 Å². The highest BCUT2D eigenvalue weighted by Crippen LogP contribution is 2.27. The van der Waals surface area contributed by atoms with Gasteiger partial charge in [-0.15, -0.1) is 0 Å². The molecular formula is C11H14N4O5. The van der Waals surface area contributed by atoms with Gasteiger partial charge in [-0.1, -0.05) is 0 Å². The lowest BCUT2D eigenvalue weighted by Crippen LogP contribution is -2.41. The fourth-order valence-electron chi connectivity index (χ4n) is 2.51. The van der Waals surface area contributed by atoms with E-state index in [1.54, 1.807) is 0 Å². The molecule has 1 atom stereocenters. The number of aliphatic carboxylic acids is 1. The summed E-state index contributed by atoms with van der Waals surface area (Å²) in [5.74, 6) is -1.76. The number of nitro groups is 1. The van der Waals surface area contributed by atoms with Gasteiger partial charge in [0, 0.05) is 13.6 Å². The minimum absolute atomic E-state index is 0.131. The van der Waals surface area contributed by atoms with Crippen molar-refractivity contribution in [2.45, 2.75) is 25.8 Å². The third-order valence-corrected chi connectivity index (χ3v) is 3.37. The van der Waals surface area contributed by atoms with Crippen molar-refractivity contribution in [3.05, 3.63) is 21.5 Å². The Bertz CT molecular complexity index is 594. The monoisotopic (exact) mass is 282 g/mol. The van der Waals surface area contributed by atoms with Gasteiger partial charge in [0.15, 0.2) is 0 Å². The molecule has 1 aromatic heterocycles. The number of hydrogen-bond acceptors (Lipinski definition) is 5. The number of likely N-dealkylation sites (tertiary alicyclic amines) is 1. The molecule has 9 heteroatoms. The second-order valence-corrected chi connectivity index (χ2v) is 4.66. The zero-order valence-corrected chi connectivity index (χ0v) is 11.1. The molecule has 0 unspecified atom stereocenters. The maximum Gasteiger partial charge on any atom is 0.326 e. The minimum Gasteiger partial charge on any atom is -0.480 e. The zero-order chi connectivity index (χ0) is 15.0. The van der Waals surface area contributed by atoms with Crippen molar-refractivity contribution in [3.8, 4) is 0 Å². The van der Waals surface area contributed by atoms with E-state index < -0.39 is 22.8 Å². The maximum absolute atomic E-state index is 12.4. The number of aryl methyl sites for hydroxylation is 2. The van der Waals surface area contributed by atoms with Crippen molar-refractivity contribution in [1.29, 1.82) is 0 Å². The standard InChI is InChI=1S/C11H14N4O5/c1-6-8(15(19)20)9(13(2)12-6)10(16)14-5-3-4-7(14)11(17)18/h7H,3-5H2,1-2H3,(H,17,18)/t7-/m0/s1. The molecule has 0 spiro atoms. The third-order valence-electron chi connectivity index (χ3n) is 3.37. The minimum atomic E-state index is -1.10. The molecule has 1 amide bonds. The molecular weight excluding hydrogens is 268 g/mol. The first-order valence-corrected chi connectivity index (χ1v) is 6.06. The lowest BCUT2D eigenvalue weighted by atomic mass is 10.2. The second-order valence-electron chi connectivity index (χ2n) is 4.66. The lowest BCUT2D eigenvalue weighted by molar-refractivity contribution is -0.385. The molecule has 9 nitrogen and oxygen atoms in total. The van der Waals surface area contributed by atoms with Gasteiger partial charge in [-0.2, -0.15) is 5.10 Å². The van der Waals surface area contributed by atoms with Crippen molar-refractivity contribution >= 4 is 17.6 Å². The number of nitrogens with zero attached hydrogens (tertiary/aromatic N) is 4. The number of hydrogen-bond donors (Lipinski definition) is 1. The lowest BCUT2D eigenvalue weighted by Gasteiger charge is -2.20. The Kier molecular flexibility index (Phi) is 3.43. The highest BCUT2D eigenvalue weighted by molar-refractivity contribution is 5.99. The average Bonchev–Trinajstić information content (AvgIpc) is 2.92. The molecule has 0 saturated carbocycles. The van der Waals surface area contributed by atoms with Crippen molar-refractivity contribution in [3.63, 3.8) is 0 Å². The van der Waals surface area contributed by atoms with E-state index in [0.29, 0.717) is 12.8 Å². The first kappa shape index (κ1) is 14.0. The van der Waals surface area contributed by atoms with Crippen LogP contribution in [0.2, 0.25) is 0 Å². The highest BCUT2D eigenvalue weighted by atomic mass is 16.6. The van der Waals surface area contributed by atoms with Crippen LogP contribution in [0.1, 0.15) is 29.0 Å². The number of amides is 1. The van der Waals surface area contributed by atoms with Crippen LogP contribution in [0.15, 0.2) is 0 Å². The number of carbonyl (C=O) groups excluding carboxylic acids is 1. The SMILES string of the molecule is Cc1nn(C)c(C(=O)N2CCC[C@H]2C(=O)O)c1[N+](=O)[O-]. The third kappa shape index (κ3) is 2.10. The van der Waals surface area contributed by atoms with Crippen molar-refractivity contribution < 1.29 is 19.6 Å². The molecule has 20 heavy (non-hydrogen) atoms. The number of aromatic nitrogens is 2. The number of carboxylic acid groups (broad SMARTS) is 1. The van der Waals surface area contributed by atoms with E-state index in [1.165, 1.54) is 14.0 Å². The predicted molar refractivity (Wildman–Crippen MR) is 66.3 cm³/mol. The van der Waals surface area contributed by atoms with Gasteiger partial charge in [0.2, 0.25) is 5.69 Å². The molecule has 1 aromatic rings. The normalized spacial score (nSPS) is 18.3. The fraction of sp³-hybridized carbons (Fsp3) is 0.545. The van der Waals surface area contributed by atoms with Crippen LogP contribution in [0, 0.1) is 17.0 Å². The summed E-state index contributed by atoms with van der Waals surface area (Å²) in [7, 11) is 1.43. The van der Waals surface area contributed by atoms with E-state index in [0.717, 1.165) is 9.58 Å². The van der Waals surface area contributed by atoms with Gasteiger partial charge < -0.3 is 10.0 Å². The zero-order valence-electron chi connectivity index (χ0n) is 11.1. The molecule has 1 aliphatic rings. The first-order chi connectivity index (χ1) is 9.34. The molecule has 1 N–H and O–H groups in total. The van der Waals surface area contributed by atoms with Crippen LogP contribution in [-0.4, -0.2) is 49.2 Å². The Hall–Kier alpha value is -2.45. The van der Waals surface area contributed by atoms with Gasteiger partial charge >= 0.3 is 11.7 Å². The van der Waals surface area contributed by atoms with Gasteiger partial charge in [-0.25, -0.2) is 4.79 Å². The van der Waals surface area contributed by atoms with Crippen molar-refractivity contribution in [1.82, 2.24) is 14.7 Å². The van der Waals surface area contributed by atoms with Crippen LogP contribution in [0.4, 0.5) is 5.69 Å². The number of carboxylic acids is 1. The van der Waals surface area contributed by atoms with E-state index in [1.807, 2.05) is 0 Å². The molecule has 1 aliphatic heterocycles. The van der Waals surface area contributed by atoms with Crippen LogP contribution in [0.3, 0.4) is 0 Å². The van der Waals surface area contributed by atoms with Crippen LogP contribution in [0.25, 0.3) is 0 Å². The summed E-state index contributed by atoms with van der Waals surface area (Å²) in [4.78, 5) is 35.1. The van der Waals surface area contributed by atoms with Crippen LogP contribution in [0.5, 0.6) is 0 Å². The van der Waals surface area contributed by atoms with Gasteiger partial charge in [-0.3, -0.25) is 19.6 Å². The molecule has 1 saturated heterocycles. The van der Waals surface area contributed by atoms with Gasteiger partial charge in [0.05, 0.1) is 4.92 Å². The quantitative estimate of drug-likeness (QED) is 0.630. The number of rotatable bonds is 3. The Labute approximate surface area is 113 Å². The fourth-order valence-corrected chi connectivity index (χ4v) is 2.51. The molecule has 2 heterocycles. The van der Waals surface area contributed by atoms with Gasteiger partial charge in [-0.05, 0) is 19.8 Å². The summed E-state index contributed by atoms with van der Waals surface area (Å²) in [5, 5.41) is 24.0. The summed E-state index contributed by atoms with van der Waals surface area (Å²) in [6.07, 6.45) is 0.916. The average molecular weight is 282 g/mol. The summed E-state index contributed by atoms with van der Waals surface area (Å²) >= 11 is 0. The molecule has 1 fully saturated rings. The van der Waals surface area contributed by atoms with Gasteiger partial charge in [0.25, 0.3) is 5.91 Å². The van der Waals surface area contributed by atoms with E-state index in [2.05, 4.69) is 5.10 Å². The van der Waals surface area contributed by atoms with E-state index in [4.69, 9.17) is 5.11 Å². The summed E-state index contributed by atoms with van der Waals surface area (Å²) in [6.45, 7) is 1.71. The number of carbonyl (C=O) groups is 2. The molecule has 0 aromatic carbocycles. The van der Waals surface area contributed by atoms with Crippen LogP contribution in [-0.2, 0) is 11.8 Å². The van der Waals surface area contributed by atoms with E-state index in [9.17, 15) is 19.7 Å². The van der Waals surface area contributed by atoms with Crippen molar-refractivity contribution in [2.24, 2.45) is 7.05 Å². The summed E-state index contributed by atoms with van der Waals surface area (Å²) in [6, 6.07) is -0.933. The Morgan fingerprint density at radius 3 is 2.70 bits per heavy atom. The maximum atomic E-state index is 12.4. The highest BCUT2D eigenvalue weighted by Gasteiger charge is 2.39.